The Kier molecular flexibility index (Phi) is 5.35. The van der Waals surface area contributed by atoms with E-state index in [0.717, 1.165) is 32.5 Å². The Morgan fingerprint density at radius 1 is 1.38 bits per heavy atom. The molecule has 13 heavy (non-hydrogen) atoms. The van der Waals surface area contributed by atoms with Gasteiger partial charge in [0.25, 0.3) is 0 Å². The Bertz CT molecular complexity index is 130. The summed E-state index contributed by atoms with van der Waals surface area (Å²) in [6.07, 6.45) is 2.62. The lowest BCUT2D eigenvalue weighted by Gasteiger charge is -2.13. The third-order valence-electron chi connectivity index (χ3n) is 2.41. The summed E-state index contributed by atoms with van der Waals surface area (Å²) in [5.74, 6) is 0. The molecule has 0 aromatic carbocycles. The van der Waals surface area contributed by atoms with E-state index in [2.05, 4.69) is 18.7 Å². The fourth-order valence-electron chi connectivity index (χ4n) is 1.57. The number of nitrogens with zero attached hydrogens (tertiary/aromatic N) is 1. The lowest BCUT2D eigenvalue weighted by molar-refractivity contribution is -0.0851. The molecule has 1 saturated heterocycles. The zero-order valence-electron chi connectivity index (χ0n) is 8.79. The summed E-state index contributed by atoms with van der Waals surface area (Å²) in [7, 11) is 0. The number of likely N-dealkylation sites (N-methyl/N-ethyl adjacent to an activating group) is 1. The number of rotatable bonds is 6. The van der Waals surface area contributed by atoms with Crippen molar-refractivity contribution in [2.75, 3.05) is 33.0 Å². The Morgan fingerprint density at radius 3 is 2.85 bits per heavy atom. The van der Waals surface area contributed by atoms with Gasteiger partial charge in [-0.05, 0) is 19.4 Å². The quantitative estimate of drug-likeness (QED) is 0.464. The van der Waals surface area contributed by atoms with E-state index in [1.165, 1.54) is 6.54 Å². The molecule has 1 aliphatic heterocycles. The minimum absolute atomic E-state index is 0.400. The zero-order chi connectivity index (χ0) is 9.52. The Labute approximate surface area is 81.0 Å². The molecule has 0 amide bonds. The van der Waals surface area contributed by atoms with Gasteiger partial charge in [0.1, 0.15) is 6.79 Å². The van der Waals surface area contributed by atoms with Gasteiger partial charge in [0.15, 0.2) is 0 Å². The van der Waals surface area contributed by atoms with Crippen LogP contribution in [0.3, 0.4) is 0 Å². The van der Waals surface area contributed by atoms with Crippen LogP contribution in [0.2, 0.25) is 0 Å². The van der Waals surface area contributed by atoms with Gasteiger partial charge in [0, 0.05) is 19.7 Å². The monoisotopic (exact) mass is 187 g/mol. The van der Waals surface area contributed by atoms with Gasteiger partial charge in [-0.1, -0.05) is 13.8 Å². The molecule has 0 aromatic rings. The molecule has 0 aromatic heterocycles. The predicted octanol–water partition coefficient (Wildman–Crippen LogP) is 1.48. The minimum Gasteiger partial charge on any atom is -0.355 e. The molecule has 0 saturated carbocycles. The van der Waals surface area contributed by atoms with Crippen LogP contribution >= 0.6 is 0 Å². The lowest BCUT2D eigenvalue weighted by atomic mass is 10.3. The summed E-state index contributed by atoms with van der Waals surface area (Å²) >= 11 is 0. The number of ether oxygens (including phenoxy) is 2. The Balaban J connectivity index is 1.97. The van der Waals surface area contributed by atoms with Crippen LogP contribution in [0.5, 0.6) is 0 Å². The molecule has 0 spiro atoms. The van der Waals surface area contributed by atoms with E-state index in [4.69, 9.17) is 9.47 Å². The molecule has 0 aliphatic carbocycles. The highest BCUT2D eigenvalue weighted by Gasteiger charge is 2.21. The lowest BCUT2D eigenvalue weighted by Crippen LogP contribution is -2.23. The van der Waals surface area contributed by atoms with E-state index in [-0.39, 0.29) is 0 Å². The smallest absolute Gasteiger partial charge is 0.147 e. The predicted molar refractivity (Wildman–Crippen MR) is 52.7 cm³/mol. The van der Waals surface area contributed by atoms with Crippen LogP contribution in [-0.4, -0.2) is 44.0 Å². The largest absolute Gasteiger partial charge is 0.355 e. The Morgan fingerprint density at radius 2 is 2.23 bits per heavy atom. The van der Waals surface area contributed by atoms with Crippen LogP contribution in [0.15, 0.2) is 0 Å². The molecular formula is C10H21NO2. The van der Waals surface area contributed by atoms with Crippen molar-refractivity contribution in [3.63, 3.8) is 0 Å². The molecular weight excluding hydrogens is 166 g/mol. The Hall–Kier alpha value is -0.120. The molecule has 1 atom stereocenters. The molecule has 0 N–H and O–H groups in total. The molecule has 1 unspecified atom stereocenters. The van der Waals surface area contributed by atoms with Crippen molar-refractivity contribution < 1.29 is 9.47 Å². The summed E-state index contributed by atoms with van der Waals surface area (Å²) < 4.78 is 10.8. The van der Waals surface area contributed by atoms with Gasteiger partial charge in [0.2, 0.25) is 0 Å². The summed E-state index contributed by atoms with van der Waals surface area (Å²) in [5.41, 5.74) is 0. The third kappa shape index (κ3) is 4.07. The van der Waals surface area contributed by atoms with E-state index in [9.17, 15) is 0 Å². The van der Waals surface area contributed by atoms with Crippen molar-refractivity contribution in [2.24, 2.45) is 0 Å². The highest BCUT2D eigenvalue weighted by atomic mass is 16.7. The average Bonchev–Trinajstić information content (AvgIpc) is 2.60. The molecule has 1 aliphatic rings. The van der Waals surface area contributed by atoms with E-state index >= 15 is 0 Å². The first-order chi connectivity index (χ1) is 6.36. The average molecular weight is 187 g/mol. The second-order valence-electron chi connectivity index (χ2n) is 3.50. The second-order valence-corrected chi connectivity index (χ2v) is 3.50. The normalized spacial score (nSPS) is 24.0. The number of hydrogen-bond donors (Lipinski definition) is 0. The first-order valence-electron chi connectivity index (χ1n) is 5.28. The van der Waals surface area contributed by atoms with E-state index < -0.39 is 0 Å². The van der Waals surface area contributed by atoms with E-state index in [1.54, 1.807) is 0 Å². The summed E-state index contributed by atoms with van der Waals surface area (Å²) in [6, 6.07) is 0. The van der Waals surface area contributed by atoms with Crippen molar-refractivity contribution in [1.29, 1.82) is 0 Å². The highest BCUT2D eigenvalue weighted by Crippen LogP contribution is 2.11. The van der Waals surface area contributed by atoms with Gasteiger partial charge in [-0.3, -0.25) is 0 Å². The summed E-state index contributed by atoms with van der Waals surface area (Å²) in [6.45, 7) is 8.96. The molecule has 78 valence electrons. The van der Waals surface area contributed by atoms with Crippen LogP contribution in [0.4, 0.5) is 0 Å². The van der Waals surface area contributed by atoms with E-state index in [0.29, 0.717) is 12.9 Å². The standard InChI is InChI=1S/C10H21NO2/c1-3-7-12-9-13-10-5-6-11(4-2)8-10/h10H,3-9H2,1-2H3. The minimum atomic E-state index is 0.400. The maximum absolute atomic E-state index is 5.57. The van der Waals surface area contributed by atoms with Gasteiger partial charge < -0.3 is 14.4 Å². The first kappa shape index (κ1) is 11.0. The number of hydrogen-bond acceptors (Lipinski definition) is 3. The summed E-state index contributed by atoms with van der Waals surface area (Å²) in [4.78, 5) is 2.41. The first-order valence-corrected chi connectivity index (χ1v) is 5.28. The molecule has 3 nitrogen and oxygen atoms in total. The van der Waals surface area contributed by atoms with Crippen LogP contribution in [0.1, 0.15) is 26.7 Å². The van der Waals surface area contributed by atoms with Gasteiger partial charge >= 0.3 is 0 Å². The molecule has 0 radical (unpaired) electrons. The van der Waals surface area contributed by atoms with Crippen molar-refractivity contribution in [1.82, 2.24) is 4.90 Å². The van der Waals surface area contributed by atoms with Crippen LogP contribution in [-0.2, 0) is 9.47 Å². The zero-order valence-corrected chi connectivity index (χ0v) is 8.79. The molecule has 0 bridgehead atoms. The highest BCUT2D eigenvalue weighted by molar-refractivity contribution is 4.74. The fraction of sp³-hybridized carbons (Fsp3) is 1.00. The van der Waals surface area contributed by atoms with Crippen molar-refractivity contribution in [3.05, 3.63) is 0 Å². The van der Waals surface area contributed by atoms with Gasteiger partial charge in [-0.25, -0.2) is 0 Å². The SMILES string of the molecule is CCCOCOC1CCN(CC)C1. The summed E-state index contributed by atoms with van der Waals surface area (Å²) in [5, 5.41) is 0. The second kappa shape index (κ2) is 6.35. The topological polar surface area (TPSA) is 21.7 Å². The van der Waals surface area contributed by atoms with Crippen LogP contribution in [0, 0.1) is 0 Å². The maximum Gasteiger partial charge on any atom is 0.147 e. The van der Waals surface area contributed by atoms with Gasteiger partial charge in [0.05, 0.1) is 6.10 Å². The van der Waals surface area contributed by atoms with Crippen molar-refractivity contribution in [2.45, 2.75) is 32.8 Å². The van der Waals surface area contributed by atoms with Crippen molar-refractivity contribution >= 4 is 0 Å². The third-order valence-corrected chi connectivity index (χ3v) is 2.41. The molecule has 1 rings (SSSR count). The molecule has 3 heteroatoms. The molecule has 1 fully saturated rings. The van der Waals surface area contributed by atoms with Crippen LogP contribution in [0.25, 0.3) is 0 Å². The fourth-order valence-corrected chi connectivity index (χ4v) is 1.57. The maximum atomic E-state index is 5.57. The molecule has 1 heterocycles. The van der Waals surface area contributed by atoms with Gasteiger partial charge in [-0.15, -0.1) is 0 Å². The van der Waals surface area contributed by atoms with Gasteiger partial charge in [-0.2, -0.15) is 0 Å². The van der Waals surface area contributed by atoms with Crippen molar-refractivity contribution in [3.8, 4) is 0 Å². The van der Waals surface area contributed by atoms with E-state index in [1.807, 2.05) is 0 Å². The number of likely N-dealkylation sites (tertiary alicyclic amines) is 1. The van der Waals surface area contributed by atoms with Crippen LogP contribution < -0.4 is 0 Å².